The van der Waals surface area contributed by atoms with E-state index in [0.29, 0.717) is 0 Å². The van der Waals surface area contributed by atoms with Gasteiger partial charge in [0, 0.05) is 11.1 Å². The molecule has 20 heavy (non-hydrogen) atoms. The minimum absolute atomic E-state index is 0.159. The summed E-state index contributed by atoms with van der Waals surface area (Å²) in [4.78, 5) is 4.62. The van der Waals surface area contributed by atoms with Crippen molar-refractivity contribution >= 4 is 22.4 Å². The predicted octanol–water partition coefficient (Wildman–Crippen LogP) is 3.99. The number of para-hydroxylation sites is 1. The summed E-state index contributed by atoms with van der Waals surface area (Å²) in [6, 6.07) is 20.3. The second-order valence-corrected chi connectivity index (χ2v) is 4.93. The molecular formula is C17H17N3. The largest absolute Gasteiger partial charge is 0.399 e. The van der Waals surface area contributed by atoms with E-state index in [4.69, 9.17) is 5.73 Å². The minimum Gasteiger partial charge on any atom is -0.399 e. The van der Waals surface area contributed by atoms with Crippen LogP contribution in [0.4, 0.5) is 11.5 Å². The van der Waals surface area contributed by atoms with Crippen LogP contribution >= 0.6 is 0 Å². The molecule has 0 aliphatic heterocycles. The summed E-state index contributed by atoms with van der Waals surface area (Å²) in [5, 5.41) is 4.56. The number of rotatable bonds is 3. The van der Waals surface area contributed by atoms with Crippen molar-refractivity contribution in [2.75, 3.05) is 11.1 Å². The van der Waals surface area contributed by atoms with Crippen LogP contribution in [-0.4, -0.2) is 4.98 Å². The highest BCUT2D eigenvalue weighted by atomic mass is 15.0. The van der Waals surface area contributed by atoms with Gasteiger partial charge in [-0.3, -0.25) is 0 Å². The van der Waals surface area contributed by atoms with Gasteiger partial charge in [-0.15, -0.1) is 0 Å². The lowest BCUT2D eigenvalue weighted by molar-refractivity contribution is 0.877. The van der Waals surface area contributed by atoms with Gasteiger partial charge in [-0.2, -0.15) is 0 Å². The third kappa shape index (κ3) is 2.57. The number of pyridine rings is 1. The molecule has 1 aromatic heterocycles. The van der Waals surface area contributed by atoms with Gasteiger partial charge in [-0.1, -0.05) is 30.3 Å². The molecule has 1 unspecified atom stereocenters. The van der Waals surface area contributed by atoms with Gasteiger partial charge >= 0.3 is 0 Å². The van der Waals surface area contributed by atoms with Gasteiger partial charge < -0.3 is 11.1 Å². The molecule has 0 spiro atoms. The first-order valence-corrected chi connectivity index (χ1v) is 6.70. The van der Waals surface area contributed by atoms with E-state index in [2.05, 4.69) is 35.4 Å². The van der Waals surface area contributed by atoms with Crippen molar-refractivity contribution in [1.29, 1.82) is 0 Å². The smallest absolute Gasteiger partial charge is 0.127 e. The molecule has 0 fully saturated rings. The first-order chi connectivity index (χ1) is 9.72. The van der Waals surface area contributed by atoms with E-state index in [-0.39, 0.29) is 6.04 Å². The zero-order valence-electron chi connectivity index (χ0n) is 11.4. The quantitative estimate of drug-likeness (QED) is 0.702. The summed E-state index contributed by atoms with van der Waals surface area (Å²) in [7, 11) is 0. The number of fused-ring (bicyclic) bond motifs is 1. The average molecular weight is 263 g/mol. The van der Waals surface area contributed by atoms with E-state index in [0.717, 1.165) is 28.0 Å². The first-order valence-electron chi connectivity index (χ1n) is 6.70. The predicted molar refractivity (Wildman–Crippen MR) is 84.6 cm³/mol. The summed E-state index contributed by atoms with van der Waals surface area (Å²) < 4.78 is 0. The Balaban J connectivity index is 1.85. The highest BCUT2D eigenvalue weighted by Crippen LogP contribution is 2.21. The molecule has 0 saturated heterocycles. The molecule has 0 bridgehead atoms. The van der Waals surface area contributed by atoms with E-state index in [1.807, 2.05) is 42.5 Å². The summed E-state index contributed by atoms with van der Waals surface area (Å²) in [6.07, 6.45) is 0. The van der Waals surface area contributed by atoms with Gasteiger partial charge in [0.25, 0.3) is 0 Å². The molecule has 100 valence electrons. The maximum absolute atomic E-state index is 5.82. The third-order valence-corrected chi connectivity index (χ3v) is 3.37. The van der Waals surface area contributed by atoms with E-state index in [1.54, 1.807) is 0 Å². The number of hydrogen-bond donors (Lipinski definition) is 2. The maximum Gasteiger partial charge on any atom is 0.127 e. The van der Waals surface area contributed by atoms with Gasteiger partial charge in [0.15, 0.2) is 0 Å². The number of hydrogen-bond acceptors (Lipinski definition) is 3. The molecule has 0 radical (unpaired) electrons. The van der Waals surface area contributed by atoms with Gasteiger partial charge in [0.1, 0.15) is 5.82 Å². The van der Waals surface area contributed by atoms with Crippen LogP contribution < -0.4 is 11.1 Å². The number of benzene rings is 2. The zero-order valence-corrected chi connectivity index (χ0v) is 11.4. The molecule has 1 atom stereocenters. The van der Waals surface area contributed by atoms with Crippen molar-refractivity contribution in [2.45, 2.75) is 13.0 Å². The van der Waals surface area contributed by atoms with E-state index >= 15 is 0 Å². The summed E-state index contributed by atoms with van der Waals surface area (Å²) in [5.41, 5.74) is 8.75. The lowest BCUT2D eigenvalue weighted by atomic mass is 10.1. The van der Waals surface area contributed by atoms with Gasteiger partial charge in [0.2, 0.25) is 0 Å². The number of nitrogens with one attached hydrogen (secondary N) is 1. The second-order valence-electron chi connectivity index (χ2n) is 4.93. The van der Waals surface area contributed by atoms with Crippen LogP contribution in [0.5, 0.6) is 0 Å². The van der Waals surface area contributed by atoms with Crippen LogP contribution in [0.15, 0.2) is 60.7 Å². The standard InChI is InChI=1S/C17H17N3/c1-12(14-6-4-7-15(18)11-14)19-17-10-9-13-5-2-3-8-16(13)20-17/h2-12H,18H2,1H3,(H,19,20). The Labute approximate surface area is 118 Å². The number of anilines is 2. The molecule has 0 aliphatic carbocycles. The zero-order chi connectivity index (χ0) is 13.9. The van der Waals surface area contributed by atoms with Crippen molar-refractivity contribution in [3.05, 3.63) is 66.2 Å². The topological polar surface area (TPSA) is 50.9 Å². The van der Waals surface area contributed by atoms with Crippen molar-refractivity contribution in [3.8, 4) is 0 Å². The lowest BCUT2D eigenvalue weighted by Crippen LogP contribution is -2.08. The van der Waals surface area contributed by atoms with E-state index < -0.39 is 0 Å². The summed E-state index contributed by atoms with van der Waals surface area (Å²) in [6.45, 7) is 2.10. The number of nitrogen functional groups attached to an aromatic ring is 1. The Bertz CT molecular complexity index is 737. The van der Waals surface area contributed by atoms with Crippen LogP contribution in [0.2, 0.25) is 0 Å². The lowest BCUT2D eigenvalue weighted by Gasteiger charge is -2.15. The Hall–Kier alpha value is -2.55. The minimum atomic E-state index is 0.159. The Morgan fingerprint density at radius 1 is 1.00 bits per heavy atom. The fourth-order valence-corrected chi connectivity index (χ4v) is 2.28. The molecule has 3 aromatic rings. The highest BCUT2D eigenvalue weighted by molar-refractivity contribution is 5.80. The van der Waals surface area contributed by atoms with Crippen LogP contribution in [-0.2, 0) is 0 Å². The average Bonchev–Trinajstić information content (AvgIpc) is 2.47. The molecular weight excluding hydrogens is 246 g/mol. The molecule has 0 saturated carbocycles. The van der Waals surface area contributed by atoms with Gasteiger partial charge in [-0.25, -0.2) is 4.98 Å². The van der Waals surface area contributed by atoms with Crippen LogP contribution in [0.1, 0.15) is 18.5 Å². The monoisotopic (exact) mass is 263 g/mol. The summed E-state index contributed by atoms with van der Waals surface area (Å²) >= 11 is 0. The molecule has 3 nitrogen and oxygen atoms in total. The highest BCUT2D eigenvalue weighted by Gasteiger charge is 2.06. The number of nitrogens with two attached hydrogens (primary N) is 1. The maximum atomic E-state index is 5.82. The summed E-state index contributed by atoms with van der Waals surface area (Å²) in [5.74, 6) is 0.874. The fourth-order valence-electron chi connectivity index (χ4n) is 2.28. The molecule has 0 amide bonds. The Morgan fingerprint density at radius 2 is 1.85 bits per heavy atom. The number of nitrogens with zero attached hydrogens (tertiary/aromatic N) is 1. The van der Waals surface area contributed by atoms with Crippen LogP contribution in [0.3, 0.4) is 0 Å². The van der Waals surface area contributed by atoms with E-state index in [9.17, 15) is 0 Å². The van der Waals surface area contributed by atoms with Crippen molar-refractivity contribution < 1.29 is 0 Å². The second kappa shape index (κ2) is 5.21. The Morgan fingerprint density at radius 3 is 2.70 bits per heavy atom. The normalized spacial score (nSPS) is 12.2. The number of aromatic nitrogens is 1. The van der Waals surface area contributed by atoms with Gasteiger partial charge in [-0.05, 0) is 42.8 Å². The van der Waals surface area contributed by atoms with Crippen molar-refractivity contribution in [1.82, 2.24) is 4.98 Å². The van der Waals surface area contributed by atoms with Crippen LogP contribution in [0, 0.1) is 0 Å². The molecule has 0 aliphatic rings. The van der Waals surface area contributed by atoms with E-state index in [1.165, 1.54) is 0 Å². The molecule has 3 heteroatoms. The molecule has 2 aromatic carbocycles. The molecule has 3 rings (SSSR count). The Kier molecular flexibility index (Phi) is 3.25. The molecule has 1 heterocycles. The fraction of sp³-hybridized carbons (Fsp3) is 0.118. The van der Waals surface area contributed by atoms with Crippen molar-refractivity contribution in [2.24, 2.45) is 0 Å². The third-order valence-electron chi connectivity index (χ3n) is 3.37. The molecule has 3 N–H and O–H groups in total. The van der Waals surface area contributed by atoms with Gasteiger partial charge in [0.05, 0.1) is 11.6 Å². The van der Waals surface area contributed by atoms with Crippen LogP contribution in [0.25, 0.3) is 10.9 Å². The van der Waals surface area contributed by atoms with Crippen molar-refractivity contribution in [3.63, 3.8) is 0 Å². The first kappa shape index (κ1) is 12.5. The SMILES string of the molecule is CC(Nc1ccc2ccccc2n1)c1cccc(N)c1.